The predicted octanol–water partition coefficient (Wildman–Crippen LogP) is 4.56. The van der Waals surface area contributed by atoms with Crippen LogP contribution in [0.4, 0.5) is 40.7 Å². The Bertz CT molecular complexity index is 1320. The topological polar surface area (TPSA) is 142 Å². The molecule has 0 aliphatic heterocycles. The molecule has 0 heterocycles. The van der Waals surface area contributed by atoms with Crippen molar-refractivity contribution in [3.8, 4) is 0 Å². The molecule has 0 spiro atoms. The maximum Gasteiger partial charge on any atom is 0.416 e. The number of nitro groups is 1. The van der Waals surface area contributed by atoms with Gasteiger partial charge >= 0.3 is 12.2 Å². The van der Waals surface area contributed by atoms with E-state index in [-0.39, 0.29) is 17.1 Å². The fourth-order valence-corrected chi connectivity index (χ4v) is 3.79. The standard InChI is InChI=1S/C20H16F3N5O5S/c21-20(22,23)13-5-4-8-15(11-13)24-19(29)26-25-17-10-9-16(12-18(17)28(30)31)34(32,33)27-14-6-2-1-3-7-14/h1-12,25,27H,(H2,24,26,29). The molecule has 0 bridgehead atoms. The lowest BCUT2D eigenvalue weighted by Crippen LogP contribution is -2.33. The molecule has 0 radical (unpaired) electrons. The van der Waals surface area contributed by atoms with Crippen LogP contribution < -0.4 is 20.9 Å². The number of amides is 2. The van der Waals surface area contributed by atoms with Crippen molar-refractivity contribution in [2.45, 2.75) is 11.1 Å². The summed E-state index contributed by atoms with van der Waals surface area (Å²) in [5.41, 5.74) is 2.47. The molecular weight excluding hydrogens is 479 g/mol. The summed E-state index contributed by atoms with van der Waals surface area (Å²) in [5.74, 6) is 0. The van der Waals surface area contributed by atoms with Crippen LogP contribution in [0.5, 0.6) is 0 Å². The summed E-state index contributed by atoms with van der Waals surface area (Å²) < 4.78 is 65.7. The van der Waals surface area contributed by atoms with Crippen LogP contribution in [0.15, 0.2) is 77.7 Å². The molecule has 10 nitrogen and oxygen atoms in total. The van der Waals surface area contributed by atoms with Crippen molar-refractivity contribution in [2.24, 2.45) is 0 Å². The zero-order chi connectivity index (χ0) is 24.9. The minimum absolute atomic E-state index is 0.169. The Morgan fingerprint density at radius 1 is 0.912 bits per heavy atom. The third-order valence-electron chi connectivity index (χ3n) is 4.26. The molecule has 3 aromatic rings. The molecule has 34 heavy (non-hydrogen) atoms. The molecule has 0 aromatic heterocycles. The molecule has 3 aromatic carbocycles. The third-order valence-corrected chi connectivity index (χ3v) is 5.64. The van der Waals surface area contributed by atoms with Crippen molar-refractivity contribution < 1.29 is 31.3 Å². The quantitative estimate of drug-likeness (QED) is 0.280. The lowest BCUT2D eigenvalue weighted by atomic mass is 10.2. The van der Waals surface area contributed by atoms with Crippen LogP contribution in [0, 0.1) is 10.1 Å². The number of anilines is 3. The molecule has 0 saturated carbocycles. The van der Waals surface area contributed by atoms with Crippen LogP contribution in [0.1, 0.15) is 5.56 Å². The highest BCUT2D eigenvalue weighted by atomic mass is 32.2. The number of urea groups is 1. The molecule has 0 fully saturated rings. The Kier molecular flexibility index (Phi) is 6.91. The van der Waals surface area contributed by atoms with Gasteiger partial charge in [-0.05, 0) is 42.5 Å². The van der Waals surface area contributed by atoms with Gasteiger partial charge in [0.1, 0.15) is 5.69 Å². The monoisotopic (exact) mass is 495 g/mol. The lowest BCUT2D eigenvalue weighted by Gasteiger charge is -2.13. The molecule has 3 rings (SSSR count). The SMILES string of the molecule is O=C(NNc1ccc(S(=O)(=O)Nc2ccccc2)cc1[N+](=O)[O-])Nc1cccc(C(F)(F)F)c1. The van der Waals surface area contributed by atoms with Crippen molar-refractivity contribution in [1.29, 1.82) is 0 Å². The van der Waals surface area contributed by atoms with Gasteiger partial charge in [-0.2, -0.15) is 13.2 Å². The molecular formula is C20H16F3N5O5S. The van der Waals surface area contributed by atoms with Crippen molar-refractivity contribution in [1.82, 2.24) is 5.43 Å². The first-order valence-corrected chi connectivity index (χ1v) is 10.8. The van der Waals surface area contributed by atoms with E-state index in [9.17, 15) is 36.5 Å². The van der Waals surface area contributed by atoms with Crippen LogP contribution in [0.25, 0.3) is 0 Å². The predicted molar refractivity (Wildman–Crippen MR) is 118 cm³/mol. The third kappa shape index (κ3) is 6.13. The van der Waals surface area contributed by atoms with E-state index in [0.29, 0.717) is 6.07 Å². The summed E-state index contributed by atoms with van der Waals surface area (Å²) in [6.45, 7) is 0. The van der Waals surface area contributed by atoms with Gasteiger partial charge < -0.3 is 5.32 Å². The van der Waals surface area contributed by atoms with E-state index in [0.717, 1.165) is 30.3 Å². The summed E-state index contributed by atoms with van der Waals surface area (Å²) in [6, 6.07) is 13.6. The van der Waals surface area contributed by atoms with Crippen molar-refractivity contribution in [3.05, 3.63) is 88.5 Å². The van der Waals surface area contributed by atoms with E-state index in [4.69, 9.17) is 0 Å². The molecule has 0 unspecified atom stereocenters. The van der Waals surface area contributed by atoms with Gasteiger partial charge in [-0.15, -0.1) is 0 Å². The highest BCUT2D eigenvalue weighted by Gasteiger charge is 2.30. The smallest absolute Gasteiger partial charge is 0.307 e. The van der Waals surface area contributed by atoms with Crippen LogP contribution in [0.2, 0.25) is 0 Å². The van der Waals surface area contributed by atoms with E-state index < -0.39 is 43.3 Å². The zero-order valence-electron chi connectivity index (χ0n) is 17.0. The Morgan fingerprint density at radius 3 is 2.24 bits per heavy atom. The van der Waals surface area contributed by atoms with E-state index in [1.807, 2.05) is 5.43 Å². The molecule has 14 heteroatoms. The summed E-state index contributed by atoms with van der Waals surface area (Å²) >= 11 is 0. The van der Waals surface area contributed by atoms with Crippen LogP contribution in [-0.2, 0) is 16.2 Å². The highest BCUT2D eigenvalue weighted by molar-refractivity contribution is 7.92. The minimum atomic E-state index is -4.61. The van der Waals surface area contributed by atoms with Gasteiger partial charge in [0.25, 0.3) is 15.7 Å². The second-order valence-electron chi connectivity index (χ2n) is 6.69. The largest absolute Gasteiger partial charge is 0.416 e. The number of hydrazine groups is 1. The number of sulfonamides is 1. The number of rotatable bonds is 7. The van der Waals surface area contributed by atoms with Gasteiger partial charge in [0, 0.05) is 17.4 Å². The number of nitrogens with one attached hydrogen (secondary N) is 4. The number of para-hydroxylation sites is 1. The number of nitrogens with zero attached hydrogens (tertiary/aromatic N) is 1. The van der Waals surface area contributed by atoms with E-state index >= 15 is 0 Å². The van der Waals surface area contributed by atoms with Gasteiger partial charge in [0.2, 0.25) is 0 Å². The summed E-state index contributed by atoms with van der Waals surface area (Å²) in [7, 11) is -4.15. The van der Waals surface area contributed by atoms with Crippen LogP contribution in [0.3, 0.4) is 0 Å². The average Bonchev–Trinajstić information content (AvgIpc) is 2.77. The van der Waals surface area contributed by atoms with Gasteiger partial charge in [-0.3, -0.25) is 25.7 Å². The fraction of sp³-hybridized carbons (Fsp3) is 0.0500. The molecule has 4 N–H and O–H groups in total. The second-order valence-corrected chi connectivity index (χ2v) is 8.37. The van der Waals surface area contributed by atoms with Crippen molar-refractivity contribution in [3.63, 3.8) is 0 Å². The molecule has 2 amide bonds. The number of alkyl halides is 3. The number of hydrogen-bond acceptors (Lipinski definition) is 6. The number of carbonyl (C=O) groups is 1. The summed E-state index contributed by atoms with van der Waals surface area (Å²) in [6.07, 6.45) is -4.61. The molecule has 0 saturated heterocycles. The van der Waals surface area contributed by atoms with Crippen LogP contribution in [-0.4, -0.2) is 19.4 Å². The summed E-state index contributed by atoms with van der Waals surface area (Å²) in [4.78, 5) is 22.2. The van der Waals surface area contributed by atoms with Gasteiger partial charge in [0.05, 0.1) is 15.4 Å². The average molecular weight is 495 g/mol. The Hall–Kier alpha value is -4.33. The van der Waals surface area contributed by atoms with Gasteiger partial charge in [0.15, 0.2) is 0 Å². The first kappa shape index (κ1) is 24.3. The summed E-state index contributed by atoms with van der Waals surface area (Å²) in [5, 5.41) is 13.6. The van der Waals surface area contributed by atoms with E-state index in [1.54, 1.807) is 18.2 Å². The molecule has 0 aliphatic carbocycles. The van der Waals surface area contributed by atoms with Crippen molar-refractivity contribution >= 4 is 38.8 Å². The van der Waals surface area contributed by atoms with E-state index in [2.05, 4.69) is 15.5 Å². The van der Waals surface area contributed by atoms with Crippen molar-refractivity contribution in [2.75, 3.05) is 15.5 Å². The molecule has 0 atom stereocenters. The van der Waals surface area contributed by atoms with Crippen LogP contribution >= 0.6 is 0 Å². The number of halogens is 3. The lowest BCUT2D eigenvalue weighted by molar-refractivity contribution is -0.384. The van der Waals surface area contributed by atoms with Gasteiger partial charge in [-0.1, -0.05) is 24.3 Å². The minimum Gasteiger partial charge on any atom is -0.307 e. The number of benzene rings is 3. The Balaban J connectivity index is 1.73. The second kappa shape index (κ2) is 9.66. The molecule has 0 aliphatic rings. The number of carbonyl (C=O) groups excluding carboxylic acids is 1. The molecule has 178 valence electrons. The van der Waals surface area contributed by atoms with E-state index in [1.165, 1.54) is 18.2 Å². The number of nitro benzene ring substituents is 1. The fourth-order valence-electron chi connectivity index (χ4n) is 2.72. The van der Waals surface area contributed by atoms with Gasteiger partial charge in [-0.25, -0.2) is 13.2 Å². The highest BCUT2D eigenvalue weighted by Crippen LogP contribution is 2.31. The maximum absolute atomic E-state index is 12.8. The first-order chi connectivity index (χ1) is 16.0. The Labute approximate surface area is 191 Å². The number of hydrogen-bond donors (Lipinski definition) is 4. The first-order valence-electron chi connectivity index (χ1n) is 9.32. The Morgan fingerprint density at radius 2 is 1.59 bits per heavy atom. The zero-order valence-corrected chi connectivity index (χ0v) is 17.8. The maximum atomic E-state index is 12.8. The normalized spacial score (nSPS) is 11.4.